The lowest BCUT2D eigenvalue weighted by molar-refractivity contribution is -0.274. The van der Waals surface area contributed by atoms with Gasteiger partial charge in [0.05, 0.1) is 11.1 Å². The van der Waals surface area contributed by atoms with Crippen LogP contribution >= 0.6 is 0 Å². The number of aromatic nitrogens is 1. The Bertz CT molecular complexity index is 732. The van der Waals surface area contributed by atoms with Crippen molar-refractivity contribution in [3.05, 3.63) is 52.4 Å². The summed E-state index contributed by atoms with van der Waals surface area (Å²) in [7, 11) is 0. The Morgan fingerprint density at radius 2 is 1.59 bits per heavy atom. The molecule has 22 heavy (non-hydrogen) atoms. The van der Waals surface area contributed by atoms with E-state index in [0.29, 0.717) is 6.07 Å². The van der Waals surface area contributed by atoms with Gasteiger partial charge in [-0.15, -0.1) is 13.2 Å². The van der Waals surface area contributed by atoms with Crippen LogP contribution in [0.4, 0.5) is 26.3 Å². The zero-order valence-corrected chi connectivity index (χ0v) is 10.5. The van der Waals surface area contributed by atoms with Gasteiger partial charge in [-0.25, -0.2) is 0 Å². The van der Waals surface area contributed by atoms with E-state index in [4.69, 9.17) is 0 Å². The van der Waals surface area contributed by atoms with E-state index < -0.39 is 40.5 Å². The normalized spacial score (nSPS) is 12.3. The second-order valence-electron chi connectivity index (χ2n) is 4.14. The molecule has 2 aromatic rings. The van der Waals surface area contributed by atoms with Gasteiger partial charge < -0.3 is 9.72 Å². The van der Waals surface area contributed by atoms with E-state index >= 15 is 0 Å². The van der Waals surface area contributed by atoms with Crippen LogP contribution in [0, 0.1) is 0 Å². The van der Waals surface area contributed by atoms with Crippen molar-refractivity contribution in [3.63, 3.8) is 0 Å². The summed E-state index contributed by atoms with van der Waals surface area (Å²) in [4.78, 5) is 13.7. The zero-order valence-electron chi connectivity index (χ0n) is 10.5. The monoisotopic (exact) mass is 323 g/mol. The van der Waals surface area contributed by atoms with Gasteiger partial charge in [-0.2, -0.15) is 13.2 Å². The summed E-state index contributed by atoms with van der Waals surface area (Å²) in [5, 5.41) is 0. The predicted octanol–water partition coefficient (Wildman–Crippen LogP) is 3.96. The highest BCUT2D eigenvalue weighted by Gasteiger charge is 2.37. The van der Waals surface area contributed by atoms with E-state index in [0.717, 1.165) is 24.4 Å². The molecule has 1 heterocycles. The average molecular weight is 323 g/mol. The van der Waals surface area contributed by atoms with Gasteiger partial charge in [0.2, 0.25) is 0 Å². The SMILES string of the molecule is O=c1[nH]ccc(C(F)(F)F)c1-c1ccccc1OC(F)(F)F. The maximum absolute atomic E-state index is 13.0. The maximum atomic E-state index is 13.0. The Morgan fingerprint density at radius 1 is 0.955 bits per heavy atom. The quantitative estimate of drug-likeness (QED) is 0.850. The molecule has 9 heteroatoms. The molecule has 0 unspecified atom stereocenters. The fraction of sp³-hybridized carbons (Fsp3) is 0.154. The Hall–Kier alpha value is -2.45. The Kier molecular flexibility index (Phi) is 3.90. The number of hydrogen-bond acceptors (Lipinski definition) is 2. The summed E-state index contributed by atoms with van der Waals surface area (Å²) in [5.41, 5.74) is -4.06. The van der Waals surface area contributed by atoms with Crippen LogP contribution in [0.15, 0.2) is 41.3 Å². The molecular weight excluding hydrogens is 316 g/mol. The molecule has 0 atom stereocenters. The Labute approximate surface area is 119 Å². The first-order valence-electron chi connectivity index (χ1n) is 5.73. The van der Waals surface area contributed by atoms with Crippen LogP contribution < -0.4 is 10.3 Å². The number of aromatic amines is 1. The van der Waals surface area contributed by atoms with E-state index in [2.05, 4.69) is 4.74 Å². The van der Waals surface area contributed by atoms with Crippen LogP contribution in [-0.4, -0.2) is 11.3 Å². The number of ether oxygens (including phenoxy) is 1. The largest absolute Gasteiger partial charge is 0.573 e. The number of benzene rings is 1. The van der Waals surface area contributed by atoms with Crippen molar-refractivity contribution in [3.8, 4) is 16.9 Å². The van der Waals surface area contributed by atoms with E-state index in [9.17, 15) is 31.1 Å². The number of hydrogen-bond donors (Lipinski definition) is 1. The average Bonchev–Trinajstić information content (AvgIpc) is 2.36. The molecule has 0 aliphatic heterocycles. The van der Waals surface area contributed by atoms with Crippen molar-refractivity contribution in [2.75, 3.05) is 0 Å². The number of alkyl halides is 6. The molecule has 0 amide bonds. The second-order valence-corrected chi connectivity index (χ2v) is 4.14. The minimum atomic E-state index is -5.10. The number of rotatable bonds is 2. The molecule has 1 N–H and O–H groups in total. The van der Waals surface area contributed by atoms with Gasteiger partial charge in [-0.1, -0.05) is 18.2 Å². The topological polar surface area (TPSA) is 42.1 Å². The maximum Gasteiger partial charge on any atom is 0.573 e. The van der Waals surface area contributed by atoms with Crippen molar-refractivity contribution in [2.45, 2.75) is 12.5 Å². The molecule has 118 valence electrons. The van der Waals surface area contributed by atoms with Crippen molar-refractivity contribution < 1.29 is 31.1 Å². The molecule has 1 aromatic heterocycles. The Morgan fingerprint density at radius 3 is 2.18 bits per heavy atom. The molecule has 0 saturated heterocycles. The fourth-order valence-corrected chi connectivity index (χ4v) is 1.87. The molecule has 0 spiro atoms. The first-order valence-corrected chi connectivity index (χ1v) is 5.73. The van der Waals surface area contributed by atoms with Crippen molar-refractivity contribution in [2.24, 2.45) is 0 Å². The van der Waals surface area contributed by atoms with Gasteiger partial charge >= 0.3 is 12.5 Å². The van der Waals surface area contributed by atoms with Crippen LogP contribution in [0.1, 0.15) is 5.56 Å². The predicted molar refractivity (Wildman–Crippen MR) is 64.2 cm³/mol. The number of nitrogens with one attached hydrogen (secondary N) is 1. The van der Waals surface area contributed by atoms with E-state index in [1.165, 1.54) is 6.07 Å². The summed E-state index contributed by atoms with van der Waals surface area (Å²) >= 11 is 0. The third-order valence-corrected chi connectivity index (χ3v) is 2.65. The van der Waals surface area contributed by atoms with Crippen molar-refractivity contribution >= 4 is 0 Å². The molecule has 0 bridgehead atoms. The minimum Gasteiger partial charge on any atom is -0.405 e. The zero-order chi connectivity index (χ0) is 16.5. The lowest BCUT2D eigenvalue weighted by Crippen LogP contribution is -2.20. The van der Waals surface area contributed by atoms with Crippen LogP contribution in [0.25, 0.3) is 11.1 Å². The molecule has 0 aliphatic rings. The van der Waals surface area contributed by atoms with Gasteiger partial charge in [0, 0.05) is 11.8 Å². The van der Waals surface area contributed by atoms with Gasteiger partial charge in [0.1, 0.15) is 5.75 Å². The molecule has 0 radical (unpaired) electrons. The van der Waals surface area contributed by atoms with Gasteiger partial charge in [0.25, 0.3) is 5.56 Å². The first-order chi connectivity index (χ1) is 10.1. The molecule has 1 aromatic carbocycles. The van der Waals surface area contributed by atoms with Crippen molar-refractivity contribution in [1.29, 1.82) is 0 Å². The number of para-hydroxylation sites is 1. The summed E-state index contributed by atoms with van der Waals surface area (Å²) < 4.78 is 79.6. The molecule has 2 rings (SSSR count). The molecule has 3 nitrogen and oxygen atoms in total. The fourth-order valence-electron chi connectivity index (χ4n) is 1.87. The third kappa shape index (κ3) is 3.41. The minimum absolute atomic E-state index is 0.571. The molecule has 0 saturated carbocycles. The van der Waals surface area contributed by atoms with Gasteiger partial charge in [0.15, 0.2) is 0 Å². The number of H-pyrrole nitrogens is 1. The number of pyridine rings is 1. The summed E-state index contributed by atoms with van der Waals surface area (Å²) in [6.45, 7) is 0. The summed E-state index contributed by atoms with van der Waals surface area (Å²) in [5.74, 6) is -0.891. The van der Waals surface area contributed by atoms with Gasteiger partial charge in [-0.3, -0.25) is 4.79 Å². The smallest absolute Gasteiger partial charge is 0.405 e. The summed E-state index contributed by atoms with van der Waals surface area (Å²) in [6, 6.07) is 4.69. The van der Waals surface area contributed by atoms with Gasteiger partial charge in [-0.05, 0) is 12.1 Å². The molecule has 0 fully saturated rings. The highest BCUT2D eigenvalue weighted by atomic mass is 19.4. The van der Waals surface area contributed by atoms with E-state index in [1.54, 1.807) is 0 Å². The standard InChI is InChI=1S/C13H7F6NO2/c14-12(15,16)8-5-6-20-11(21)10(8)7-3-1-2-4-9(7)22-13(17,18)19/h1-6H,(H,20,21). The lowest BCUT2D eigenvalue weighted by Gasteiger charge is -2.16. The first kappa shape index (κ1) is 15.9. The number of halogens is 6. The second kappa shape index (κ2) is 5.39. The van der Waals surface area contributed by atoms with Crippen LogP contribution in [0.2, 0.25) is 0 Å². The highest BCUT2D eigenvalue weighted by molar-refractivity contribution is 5.73. The van der Waals surface area contributed by atoms with Crippen LogP contribution in [0.3, 0.4) is 0 Å². The lowest BCUT2D eigenvalue weighted by atomic mass is 10.0. The molecule has 0 aliphatic carbocycles. The van der Waals surface area contributed by atoms with Crippen LogP contribution in [-0.2, 0) is 6.18 Å². The van der Waals surface area contributed by atoms with Crippen molar-refractivity contribution in [1.82, 2.24) is 4.98 Å². The molecular formula is C13H7F6NO2. The highest BCUT2D eigenvalue weighted by Crippen LogP contribution is 2.39. The van der Waals surface area contributed by atoms with E-state index in [1.807, 2.05) is 4.98 Å². The van der Waals surface area contributed by atoms with E-state index in [-0.39, 0.29) is 0 Å². The third-order valence-electron chi connectivity index (χ3n) is 2.65. The summed E-state index contributed by atoms with van der Waals surface area (Å²) in [6.07, 6.45) is -9.24. The Balaban J connectivity index is 2.71. The van der Waals surface area contributed by atoms with Crippen LogP contribution in [0.5, 0.6) is 5.75 Å².